The van der Waals surface area contributed by atoms with Gasteiger partial charge in [-0.15, -0.1) is 0 Å². The fourth-order valence-corrected chi connectivity index (χ4v) is 3.81. The van der Waals surface area contributed by atoms with Crippen molar-refractivity contribution in [2.45, 2.75) is 13.5 Å². The second-order valence-corrected chi connectivity index (χ2v) is 6.97. The third kappa shape index (κ3) is 3.53. The first-order chi connectivity index (χ1) is 14.6. The van der Waals surface area contributed by atoms with E-state index in [0.717, 1.165) is 28.4 Å². The third-order valence-corrected chi connectivity index (χ3v) is 5.16. The highest BCUT2D eigenvalue weighted by atomic mass is 16.3. The van der Waals surface area contributed by atoms with Crippen molar-refractivity contribution in [3.05, 3.63) is 77.9 Å². The molecule has 0 unspecified atom stereocenters. The molecule has 6 nitrogen and oxygen atoms in total. The van der Waals surface area contributed by atoms with Gasteiger partial charge in [0.25, 0.3) is 11.8 Å². The molecule has 0 spiro atoms. The Morgan fingerprint density at radius 3 is 2.27 bits per heavy atom. The number of aryl methyl sites for hydroxylation is 1. The Morgan fingerprint density at radius 1 is 0.867 bits per heavy atom. The van der Waals surface area contributed by atoms with Crippen LogP contribution in [-0.2, 0) is 6.54 Å². The molecule has 0 saturated carbocycles. The van der Waals surface area contributed by atoms with Crippen LogP contribution in [0.2, 0.25) is 0 Å². The summed E-state index contributed by atoms with van der Waals surface area (Å²) in [5, 5.41) is 16.6. The molecular formula is C24H23N3O3. The van der Waals surface area contributed by atoms with Crippen molar-refractivity contribution in [3.8, 4) is 0 Å². The summed E-state index contributed by atoms with van der Waals surface area (Å²) in [4.78, 5) is 25.3. The van der Waals surface area contributed by atoms with Crippen LogP contribution in [0.3, 0.4) is 0 Å². The number of amides is 2. The van der Waals surface area contributed by atoms with Crippen LogP contribution in [0.1, 0.15) is 27.6 Å². The molecular weight excluding hydrogens is 378 g/mol. The minimum atomic E-state index is -0.392. The molecule has 0 atom stereocenters. The molecule has 0 aliphatic rings. The summed E-state index contributed by atoms with van der Waals surface area (Å²) in [5.74, 6) is -0.750. The number of fused-ring (bicyclic) bond motifs is 3. The summed E-state index contributed by atoms with van der Waals surface area (Å²) in [6.45, 7) is 2.94. The topological polar surface area (TPSA) is 83.4 Å². The number of nitrogens with one attached hydrogen (secondary N) is 2. The molecule has 4 rings (SSSR count). The summed E-state index contributed by atoms with van der Waals surface area (Å²) in [5.41, 5.74) is 3.48. The lowest BCUT2D eigenvalue weighted by molar-refractivity contribution is 0.0933. The summed E-state index contributed by atoms with van der Waals surface area (Å²) in [6.07, 6.45) is 0. The van der Waals surface area contributed by atoms with E-state index in [2.05, 4.69) is 34.3 Å². The Labute approximate surface area is 174 Å². The number of aliphatic hydroxyl groups excluding tert-OH is 1. The average Bonchev–Trinajstić information content (AvgIpc) is 3.10. The first kappa shape index (κ1) is 19.7. The molecule has 1 heterocycles. The molecule has 0 aliphatic heterocycles. The molecule has 6 heteroatoms. The molecule has 0 saturated heterocycles. The highest BCUT2D eigenvalue weighted by Crippen LogP contribution is 2.31. The van der Waals surface area contributed by atoms with Crippen molar-refractivity contribution in [3.63, 3.8) is 0 Å². The average molecular weight is 401 g/mol. The molecule has 0 aliphatic carbocycles. The van der Waals surface area contributed by atoms with Crippen LogP contribution in [0.25, 0.3) is 21.8 Å². The molecule has 0 radical (unpaired) electrons. The van der Waals surface area contributed by atoms with Gasteiger partial charge in [0.2, 0.25) is 0 Å². The van der Waals surface area contributed by atoms with Crippen LogP contribution in [0.4, 0.5) is 5.69 Å². The summed E-state index contributed by atoms with van der Waals surface area (Å²) < 4.78 is 2.25. The summed E-state index contributed by atoms with van der Waals surface area (Å²) in [7, 11) is 0. The van der Waals surface area contributed by atoms with Crippen molar-refractivity contribution in [2.24, 2.45) is 0 Å². The quantitative estimate of drug-likeness (QED) is 0.460. The van der Waals surface area contributed by atoms with Gasteiger partial charge in [-0.2, -0.15) is 0 Å². The number of aromatic nitrogens is 1. The standard InChI is InChI=1S/C24H23N3O3/c1-2-27-21-10-6-5-7-17(21)20-15-16(11-12-22(20)27)26-24(30)19-9-4-3-8-18(19)23(29)25-13-14-28/h3-12,15,28H,2,13-14H2,1H3,(H,25,29)(H,26,30). The maximum absolute atomic E-state index is 12.9. The Hall–Kier alpha value is -3.64. The van der Waals surface area contributed by atoms with Crippen LogP contribution >= 0.6 is 0 Å². The van der Waals surface area contributed by atoms with Gasteiger partial charge in [0.1, 0.15) is 0 Å². The van der Waals surface area contributed by atoms with E-state index in [0.29, 0.717) is 5.69 Å². The molecule has 3 N–H and O–H groups in total. The number of para-hydroxylation sites is 1. The maximum atomic E-state index is 12.9. The monoisotopic (exact) mass is 401 g/mol. The minimum absolute atomic E-state index is 0.132. The molecule has 3 aromatic carbocycles. The number of rotatable bonds is 6. The minimum Gasteiger partial charge on any atom is -0.395 e. The Balaban J connectivity index is 1.68. The van der Waals surface area contributed by atoms with E-state index >= 15 is 0 Å². The van der Waals surface area contributed by atoms with Crippen molar-refractivity contribution in [1.82, 2.24) is 9.88 Å². The van der Waals surface area contributed by atoms with Gasteiger partial charge in [-0.05, 0) is 43.3 Å². The van der Waals surface area contributed by atoms with E-state index in [4.69, 9.17) is 5.11 Å². The SMILES string of the molecule is CCn1c2ccccc2c2cc(NC(=O)c3ccccc3C(=O)NCCO)ccc21. The second kappa shape index (κ2) is 8.39. The molecule has 30 heavy (non-hydrogen) atoms. The van der Waals surface area contributed by atoms with Gasteiger partial charge in [0.15, 0.2) is 0 Å². The van der Waals surface area contributed by atoms with E-state index < -0.39 is 5.91 Å². The molecule has 1 aromatic heterocycles. The zero-order valence-electron chi connectivity index (χ0n) is 16.7. The number of carbonyl (C=O) groups is 2. The largest absolute Gasteiger partial charge is 0.395 e. The van der Waals surface area contributed by atoms with E-state index in [1.807, 2.05) is 30.3 Å². The normalized spacial score (nSPS) is 11.0. The number of aliphatic hydroxyl groups is 1. The zero-order valence-corrected chi connectivity index (χ0v) is 16.7. The predicted octanol–water partition coefficient (Wildman–Crippen LogP) is 3.79. The van der Waals surface area contributed by atoms with E-state index in [-0.39, 0.29) is 30.2 Å². The van der Waals surface area contributed by atoms with Gasteiger partial charge in [-0.25, -0.2) is 0 Å². The van der Waals surface area contributed by atoms with Gasteiger partial charge in [0, 0.05) is 40.6 Å². The van der Waals surface area contributed by atoms with Gasteiger partial charge < -0.3 is 20.3 Å². The Morgan fingerprint density at radius 2 is 1.53 bits per heavy atom. The van der Waals surface area contributed by atoms with Crippen LogP contribution < -0.4 is 10.6 Å². The van der Waals surface area contributed by atoms with Gasteiger partial charge >= 0.3 is 0 Å². The molecule has 4 aromatic rings. The predicted molar refractivity (Wildman–Crippen MR) is 119 cm³/mol. The van der Waals surface area contributed by atoms with Crippen molar-refractivity contribution >= 4 is 39.3 Å². The number of hydrogen-bond donors (Lipinski definition) is 3. The van der Waals surface area contributed by atoms with E-state index in [1.165, 1.54) is 0 Å². The fraction of sp³-hybridized carbons (Fsp3) is 0.167. The highest BCUT2D eigenvalue weighted by molar-refractivity contribution is 6.14. The lowest BCUT2D eigenvalue weighted by Gasteiger charge is -2.11. The van der Waals surface area contributed by atoms with E-state index in [1.54, 1.807) is 24.3 Å². The molecule has 152 valence electrons. The summed E-state index contributed by atoms with van der Waals surface area (Å²) in [6, 6.07) is 20.7. The zero-order chi connectivity index (χ0) is 21.1. The molecule has 0 bridgehead atoms. The highest BCUT2D eigenvalue weighted by Gasteiger charge is 2.17. The smallest absolute Gasteiger partial charge is 0.256 e. The van der Waals surface area contributed by atoms with Crippen LogP contribution in [0.5, 0.6) is 0 Å². The third-order valence-electron chi connectivity index (χ3n) is 5.16. The molecule has 0 fully saturated rings. The van der Waals surface area contributed by atoms with Crippen molar-refractivity contribution < 1.29 is 14.7 Å². The van der Waals surface area contributed by atoms with Gasteiger partial charge in [0.05, 0.1) is 17.7 Å². The molecule has 2 amide bonds. The lowest BCUT2D eigenvalue weighted by atomic mass is 10.1. The Bertz CT molecular complexity index is 1240. The number of anilines is 1. The maximum Gasteiger partial charge on any atom is 0.256 e. The van der Waals surface area contributed by atoms with Crippen molar-refractivity contribution in [2.75, 3.05) is 18.5 Å². The summed E-state index contributed by atoms with van der Waals surface area (Å²) >= 11 is 0. The number of nitrogens with zero attached hydrogens (tertiary/aromatic N) is 1. The fourth-order valence-electron chi connectivity index (χ4n) is 3.81. The van der Waals surface area contributed by atoms with Crippen LogP contribution in [-0.4, -0.2) is 34.6 Å². The lowest BCUT2D eigenvalue weighted by Crippen LogP contribution is -2.28. The van der Waals surface area contributed by atoms with Crippen LogP contribution in [0.15, 0.2) is 66.7 Å². The van der Waals surface area contributed by atoms with Crippen LogP contribution in [0, 0.1) is 0 Å². The Kier molecular flexibility index (Phi) is 5.50. The number of hydrogen-bond acceptors (Lipinski definition) is 3. The van der Waals surface area contributed by atoms with Gasteiger partial charge in [-0.3, -0.25) is 9.59 Å². The number of benzene rings is 3. The first-order valence-electron chi connectivity index (χ1n) is 9.94. The van der Waals surface area contributed by atoms with Crippen molar-refractivity contribution in [1.29, 1.82) is 0 Å². The van der Waals surface area contributed by atoms with E-state index in [9.17, 15) is 9.59 Å². The number of carbonyl (C=O) groups excluding carboxylic acids is 2. The van der Waals surface area contributed by atoms with Gasteiger partial charge in [-0.1, -0.05) is 30.3 Å². The second-order valence-electron chi connectivity index (χ2n) is 6.97. The first-order valence-corrected chi connectivity index (χ1v) is 9.94.